The van der Waals surface area contributed by atoms with E-state index in [0.29, 0.717) is 32.3 Å². The molecule has 0 heterocycles. The van der Waals surface area contributed by atoms with Crippen LogP contribution in [0.2, 0.25) is 0 Å². The molecule has 0 radical (unpaired) electrons. The molecular weight excluding hydrogens is 366 g/mol. The molecule has 1 saturated carbocycles. The second-order valence-electron chi connectivity index (χ2n) is 8.51. The number of hydrogen-bond acceptors (Lipinski definition) is 4. The standard InChI is InChI=1S/C24H37NO4/c1-17(2)23(26)21-9-5-19(6-10-21)20-7-11-22(12-8-20)24(27)25-13-14-28-15-16-29-18(3)4/h5-6,9-10,17-18,20,22H,7-8,11-16H2,1-4H3,(H,25,27). The van der Waals surface area contributed by atoms with Gasteiger partial charge in [-0.05, 0) is 51.0 Å². The molecule has 0 spiro atoms. The van der Waals surface area contributed by atoms with Crippen molar-refractivity contribution in [2.75, 3.05) is 26.4 Å². The van der Waals surface area contributed by atoms with Gasteiger partial charge >= 0.3 is 0 Å². The minimum absolute atomic E-state index is 0.0218. The number of ketones is 1. The van der Waals surface area contributed by atoms with E-state index in [4.69, 9.17) is 9.47 Å². The van der Waals surface area contributed by atoms with Crippen molar-refractivity contribution in [3.05, 3.63) is 35.4 Å². The number of ether oxygens (including phenoxy) is 2. The molecule has 0 unspecified atom stereocenters. The molecule has 5 heteroatoms. The summed E-state index contributed by atoms with van der Waals surface area (Å²) in [5.74, 6) is 0.925. The predicted molar refractivity (Wildman–Crippen MR) is 115 cm³/mol. The first kappa shape index (κ1) is 23.6. The number of carbonyl (C=O) groups excluding carboxylic acids is 2. The molecule has 29 heavy (non-hydrogen) atoms. The Bertz CT molecular complexity index is 631. The lowest BCUT2D eigenvalue weighted by molar-refractivity contribution is -0.126. The molecule has 5 nitrogen and oxygen atoms in total. The molecule has 1 aliphatic rings. The van der Waals surface area contributed by atoms with Crippen LogP contribution in [0.25, 0.3) is 0 Å². The Morgan fingerprint density at radius 2 is 1.62 bits per heavy atom. The lowest BCUT2D eigenvalue weighted by atomic mass is 9.78. The Labute approximate surface area is 175 Å². The van der Waals surface area contributed by atoms with Gasteiger partial charge in [-0.1, -0.05) is 38.1 Å². The number of hydrogen-bond donors (Lipinski definition) is 1. The summed E-state index contributed by atoms with van der Waals surface area (Å²) in [5, 5.41) is 2.99. The molecule has 1 amide bonds. The third-order valence-electron chi connectivity index (χ3n) is 5.51. The van der Waals surface area contributed by atoms with Crippen LogP contribution in [-0.2, 0) is 14.3 Å². The topological polar surface area (TPSA) is 64.6 Å². The van der Waals surface area contributed by atoms with Gasteiger partial charge in [-0.2, -0.15) is 0 Å². The fourth-order valence-corrected chi connectivity index (χ4v) is 3.78. The van der Waals surface area contributed by atoms with Crippen LogP contribution in [0.5, 0.6) is 0 Å². The van der Waals surface area contributed by atoms with Gasteiger partial charge in [0, 0.05) is 23.9 Å². The van der Waals surface area contributed by atoms with Gasteiger partial charge in [0.05, 0.1) is 25.9 Å². The van der Waals surface area contributed by atoms with E-state index in [1.165, 1.54) is 5.56 Å². The van der Waals surface area contributed by atoms with Gasteiger partial charge in [0.2, 0.25) is 5.91 Å². The molecule has 0 aliphatic heterocycles. The number of Topliss-reactive ketones (excluding diaryl/α,β-unsaturated/α-hetero) is 1. The van der Waals surface area contributed by atoms with Gasteiger partial charge < -0.3 is 14.8 Å². The maximum absolute atomic E-state index is 12.4. The van der Waals surface area contributed by atoms with Crippen LogP contribution in [0.15, 0.2) is 24.3 Å². The van der Waals surface area contributed by atoms with Crippen molar-refractivity contribution in [1.29, 1.82) is 0 Å². The van der Waals surface area contributed by atoms with Crippen LogP contribution in [0.3, 0.4) is 0 Å². The fraction of sp³-hybridized carbons (Fsp3) is 0.667. The first-order valence-corrected chi connectivity index (χ1v) is 11.0. The highest BCUT2D eigenvalue weighted by molar-refractivity contribution is 5.97. The zero-order chi connectivity index (χ0) is 21.2. The van der Waals surface area contributed by atoms with E-state index >= 15 is 0 Å². The van der Waals surface area contributed by atoms with Crippen molar-refractivity contribution >= 4 is 11.7 Å². The molecule has 0 aromatic heterocycles. The van der Waals surface area contributed by atoms with Crippen LogP contribution in [0.4, 0.5) is 0 Å². The SMILES string of the molecule is CC(C)OCCOCCNC(=O)C1CCC(c2ccc(C(=O)C(C)C)cc2)CC1. The largest absolute Gasteiger partial charge is 0.377 e. The zero-order valence-corrected chi connectivity index (χ0v) is 18.4. The van der Waals surface area contributed by atoms with Gasteiger partial charge in [0.25, 0.3) is 0 Å². The number of rotatable bonds is 11. The van der Waals surface area contributed by atoms with Gasteiger partial charge in [-0.15, -0.1) is 0 Å². The van der Waals surface area contributed by atoms with Crippen molar-refractivity contribution < 1.29 is 19.1 Å². The average Bonchev–Trinajstić information content (AvgIpc) is 2.72. The van der Waals surface area contributed by atoms with Crippen molar-refractivity contribution in [3.63, 3.8) is 0 Å². The van der Waals surface area contributed by atoms with E-state index in [0.717, 1.165) is 31.2 Å². The maximum atomic E-state index is 12.4. The molecule has 1 aromatic rings. The summed E-state index contributed by atoms with van der Waals surface area (Å²) in [4.78, 5) is 24.5. The van der Waals surface area contributed by atoms with E-state index in [-0.39, 0.29) is 29.6 Å². The molecule has 0 saturated heterocycles. The van der Waals surface area contributed by atoms with Crippen LogP contribution in [0, 0.1) is 11.8 Å². The Morgan fingerprint density at radius 1 is 0.966 bits per heavy atom. The summed E-state index contributed by atoms with van der Waals surface area (Å²) >= 11 is 0. The van der Waals surface area contributed by atoms with Crippen LogP contribution >= 0.6 is 0 Å². The second kappa shape index (κ2) is 12.1. The Hall–Kier alpha value is -1.72. The number of nitrogens with one attached hydrogen (secondary N) is 1. The summed E-state index contributed by atoms with van der Waals surface area (Å²) in [6.45, 7) is 10.1. The Kier molecular flexibility index (Phi) is 9.82. The highest BCUT2D eigenvalue weighted by Gasteiger charge is 2.27. The quantitative estimate of drug-likeness (QED) is 0.440. The van der Waals surface area contributed by atoms with Crippen LogP contribution < -0.4 is 5.32 Å². The van der Waals surface area contributed by atoms with Crippen molar-refractivity contribution in [1.82, 2.24) is 5.32 Å². The first-order valence-electron chi connectivity index (χ1n) is 11.0. The molecule has 0 bridgehead atoms. The highest BCUT2D eigenvalue weighted by Crippen LogP contribution is 2.36. The minimum Gasteiger partial charge on any atom is -0.377 e. The first-order chi connectivity index (χ1) is 13.9. The monoisotopic (exact) mass is 403 g/mol. The summed E-state index contributed by atoms with van der Waals surface area (Å²) in [6.07, 6.45) is 4.06. The Morgan fingerprint density at radius 3 is 2.21 bits per heavy atom. The summed E-state index contributed by atoms with van der Waals surface area (Å²) < 4.78 is 10.9. The maximum Gasteiger partial charge on any atom is 0.223 e. The van der Waals surface area contributed by atoms with E-state index in [1.54, 1.807) is 0 Å². The summed E-state index contributed by atoms with van der Waals surface area (Å²) in [6, 6.07) is 8.06. The van der Waals surface area contributed by atoms with Crippen molar-refractivity contribution in [2.45, 2.75) is 65.4 Å². The summed E-state index contributed by atoms with van der Waals surface area (Å²) in [7, 11) is 0. The van der Waals surface area contributed by atoms with Gasteiger partial charge in [-0.3, -0.25) is 9.59 Å². The number of benzene rings is 1. The molecular formula is C24H37NO4. The molecule has 1 aromatic carbocycles. The minimum atomic E-state index is 0.0218. The normalized spacial score (nSPS) is 19.5. The highest BCUT2D eigenvalue weighted by atomic mass is 16.5. The zero-order valence-electron chi connectivity index (χ0n) is 18.4. The lowest BCUT2D eigenvalue weighted by Crippen LogP contribution is -2.35. The van der Waals surface area contributed by atoms with Crippen molar-refractivity contribution in [2.24, 2.45) is 11.8 Å². The smallest absolute Gasteiger partial charge is 0.223 e. The molecule has 1 fully saturated rings. The molecule has 1 N–H and O–H groups in total. The summed E-state index contributed by atoms with van der Waals surface area (Å²) in [5.41, 5.74) is 2.07. The van der Waals surface area contributed by atoms with E-state index < -0.39 is 0 Å². The van der Waals surface area contributed by atoms with Gasteiger partial charge in [-0.25, -0.2) is 0 Å². The third kappa shape index (κ3) is 7.90. The van der Waals surface area contributed by atoms with Gasteiger partial charge in [0.1, 0.15) is 0 Å². The van der Waals surface area contributed by atoms with Crippen LogP contribution in [0.1, 0.15) is 75.2 Å². The lowest BCUT2D eigenvalue weighted by Gasteiger charge is -2.28. The van der Waals surface area contributed by atoms with E-state index in [1.807, 2.05) is 39.8 Å². The van der Waals surface area contributed by atoms with E-state index in [9.17, 15) is 9.59 Å². The number of carbonyl (C=O) groups is 2. The third-order valence-corrected chi connectivity index (χ3v) is 5.51. The molecule has 2 rings (SSSR count). The molecule has 1 aliphatic carbocycles. The molecule has 0 atom stereocenters. The van der Waals surface area contributed by atoms with Gasteiger partial charge in [0.15, 0.2) is 5.78 Å². The predicted octanol–water partition coefficient (Wildman–Crippen LogP) is 4.36. The number of amides is 1. The van der Waals surface area contributed by atoms with Crippen molar-refractivity contribution in [3.8, 4) is 0 Å². The fourth-order valence-electron chi connectivity index (χ4n) is 3.78. The molecule has 162 valence electrons. The average molecular weight is 404 g/mol. The van der Waals surface area contributed by atoms with E-state index in [2.05, 4.69) is 17.4 Å². The van der Waals surface area contributed by atoms with Crippen LogP contribution in [-0.4, -0.2) is 44.2 Å². The Balaban J connectivity index is 1.66. The second-order valence-corrected chi connectivity index (χ2v) is 8.51.